The first-order valence-electron chi connectivity index (χ1n) is 11.5. The van der Waals surface area contributed by atoms with Crippen molar-refractivity contribution in [3.63, 3.8) is 0 Å². The number of carbonyl (C=O) groups excluding carboxylic acids is 3. The highest BCUT2D eigenvalue weighted by Gasteiger charge is 2.53. The second kappa shape index (κ2) is 10.4. The van der Waals surface area contributed by atoms with Crippen molar-refractivity contribution in [3.8, 4) is 40.2 Å². The molecule has 3 N–H and O–H groups in total. The molecule has 4 amide bonds. The molecule has 2 aromatic carbocycles. The summed E-state index contributed by atoms with van der Waals surface area (Å²) in [7, 11) is 0. The molecule has 0 saturated carbocycles. The van der Waals surface area contributed by atoms with E-state index in [0.717, 1.165) is 0 Å². The molecule has 0 radical (unpaired) electrons. The van der Waals surface area contributed by atoms with Gasteiger partial charge in [-0.25, -0.2) is 19.7 Å². The highest BCUT2D eigenvalue weighted by atomic mass is 16.5. The van der Waals surface area contributed by atoms with Crippen molar-refractivity contribution in [2.24, 2.45) is 0 Å². The van der Waals surface area contributed by atoms with Gasteiger partial charge >= 0.3 is 12.0 Å². The molecule has 196 valence electrons. The Labute approximate surface area is 219 Å². The summed E-state index contributed by atoms with van der Waals surface area (Å²) in [6.45, 7) is 0. The second-order valence-corrected chi connectivity index (χ2v) is 8.27. The lowest BCUT2D eigenvalue weighted by Gasteiger charge is -2.33. The van der Waals surface area contributed by atoms with E-state index in [9.17, 15) is 19.2 Å². The number of ether oxygens (including phenoxy) is 2. The Kier molecular flexibility index (Phi) is 6.70. The number of hydrogen-bond donors (Lipinski definition) is 3. The number of carbonyl (C=O) groups is 4. The van der Waals surface area contributed by atoms with Gasteiger partial charge in [-0.2, -0.15) is 0 Å². The number of urea groups is 1. The van der Waals surface area contributed by atoms with Gasteiger partial charge in [0.1, 0.15) is 29.2 Å². The normalized spacial score (nSPS) is 14.3. The van der Waals surface area contributed by atoms with Gasteiger partial charge in [0, 0.05) is 24.4 Å². The molecule has 0 bridgehead atoms. The molecule has 1 saturated heterocycles. The molecule has 1 aliphatic rings. The number of amides is 4. The van der Waals surface area contributed by atoms with Crippen LogP contribution in [0.4, 0.5) is 4.79 Å². The Bertz CT molecular complexity index is 1510. The molecule has 13 nitrogen and oxygen atoms in total. The number of hydrogen-bond acceptors (Lipinski definition) is 10. The molecule has 5 rings (SSSR count). The van der Waals surface area contributed by atoms with Crippen LogP contribution in [0.15, 0.2) is 77.7 Å². The largest absolute Gasteiger partial charge is 0.481 e. The van der Waals surface area contributed by atoms with Crippen molar-refractivity contribution in [2.45, 2.75) is 18.4 Å². The summed E-state index contributed by atoms with van der Waals surface area (Å²) in [5.41, 5.74) is -1.01. The number of nitrogens with zero attached hydrogens (tertiary/aromatic N) is 3. The van der Waals surface area contributed by atoms with E-state index in [4.69, 9.17) is 19.0 Å². The van der Waals surface area contributed by atoms with E-state index in [-0.39, 0.29) is 5.75 Å². The fourth-order valence-electron chi connectivity index (χ4n) is 3.72. The standard InChI is InChI=1S/C26H19N5O8/c32-20(33)10-11-26(23(34)30-25(36)31-24(26)35)39-18-8-6-17(7-9-18)38-16-4-2-15(3-5-16)22-29-19(14-37-22)21-27-12-1-13-28-21/h1-9,12-14H,10-11H2,(H,32,33)(H2,30,31,34,35,36). The van der Waals surface area contributed by atoms with Gasteiger partial charge in [-0.1, -0.05) is 0 Å². The zero-order chi connectivity index (χ0) is 27.4. The summed E-state index contributed by atoms with van der Waals surface area (Å²) in [6, 6.07) is 13.6. The second-order valence-electron chi connectivity index (χ2n) is 8.27. The van der Waals surface area contributed by atoms with E-state index in [1.54, 1.807) is 42.7 Å². The van der Waals surface area contributed by atoms with Crippen molar-refractivity contribution in [1.82, 2.24) is 25.6 Å². The SMILES string of the molecule is O=C(O)CCC1(Oc2ccc(Oc3ccc(-c4nc(-c5ncccn5)co4)cc3)cc2)C(=O)NC(=O)NC1=O. The summed E-state index contributed by atoms with van der Waals surface area (Å²) in [6.07, 6.45) is 3.68. The van der Waals surface area contributed by atoms with Gasteiger partial charge in [-0.05, 0) is 54.6 Å². The van der Waals surface area contributed by atoms with Crippen molar-refractivity contribution < 1.29 is 38.2 Å². The maximum Gasteiger partial charge on any atom is 0.328 e. The van der Waals surface area contributed by atoms with E-state index in [1.165, 1.54) is 30.5 Å². The number of imide groups is 2. The zero-order valence-corrected chi connectivity index (χ0v) is 20.0. The van der Waals surface area contributed by atoms with Gasteiger partial charge in [-0.15, -0.1) is 0 Å². The Morgan fingerprint density at radius 3 is 2.10 bits per heavy atom. The number of carboxylic acids is 1. The number of oxazole rings is 1. The summed E-state index contributed by atoms with van der Waals surface area (Å²) in [5, 5.41) is 12.9. The molecule has 4 aromatic rings. The van der Waals surface area contributed by atoms with Crippen molar-refractivity contribution >= 4 is 23.8 Å². The minimum absolute atomic E-state index is 0.0878. The Morgan fingerprint density at radius 2 is 1.49 bits per heavy atom. The van der Waals surface area contributed by atoms with Gasteiger partial charge in [0.2, 0.25) is 5.89 Å². The first-order chi connectivity index (χ1) is 18.8. The highest BCUT2D eigenvalue weighted by Crippen LogP contribution is 2.30. The van der Waals surface area contributed by atoms with E-state index in [1.807, 2.05) is 10.6 Å². The number of aliphatic carboxylic acids is 1. The van der Waals surface area contributed by atoms with Crippen LogP contribution in [0, 0.1) is 0 Å². The average molecular weight is 529 g/mol. The molecule has 1 aliphatic heterocycles. The fraction of sp³-hybridized carbons (Fsp3) is 0.115. The molecule has 0 aliphatic carbocycles. The zero-order valence-electron chi connectivity index (χ0n) is 20.0. The summed E-state index contributed by atoms with van der Waals surface area (Å²) < 4.78 is 17.0. The quantitative estimate of drug-likeness (QED) is 0.271. The summed E-state index contributed by atoms with van der Waals surface area (Å²) in [4.78, 5) is 60.3. The number of nitrogens with one attached hydrogen (secondary N) is 2. The Balaban J connectivity index is 1.26. The summed E-state index contributed by atoms with van der Waals surface area (Å²) in [5.74, 6) is -1.48. The lowest BCUT2D eigenvalue weighted by atomic mass is 9.93. The predicted molar refractivity (Wildman–Crippen MR) is 131 cm³/mol. The lowest BCUT2D eigenvalue weighted by Crippen LogP contribution is -2.69. The van der Waals surface area contributed by atoms with Gasteiger partial charge in [0.25, 0.3) is 17.4 Å². The number of aromatic nitrogens is 3. The first-order valence-corrected chi connectivity index (χ1v) is 11.5. The lowest BCUT2D eigenvalue weighted by molar-refractivity contribution is -0.153. The molecule has 2 aromatic heterocycles. The minimum atomic E-state index is -2.23. The molecule has 39 heavy (non-hydrogen) atoms. The third kappa shape index (κ3) is 5.41. The average Bonchev–Trinajstić information content (AvgIpc) is 3.42. The molecule has 1 fully saturated rings. The molecular weight excluding hydrogens is 510 g/mol. The van der Waals surface area contributed by atoms with Crippen LogP contribution < -0.4 is 20.1 Å². The van der Waals surface area contributed by atoms with Crippen LogP contribution in [0.1, 0.15) is 12.8 Å². The third-order valence-corrected chi connectivity index (χ3v) is 5.63. The first kappa shape index (κ1) is 25.1. The van der Waals surface area contributed by atoms with E-state index >= 15 is 0 Å². The van der Waals surface area contributed by atoms with E-state index < -0.39 is 42.3 Å². The summed E-state index contributed by atoms with van der Waals surface area (Å²) >= 11 is 0. The molecule has 0 spiro atoms. The van der Waals surface area contributed by atoms with Gasteiger partial charge in [0.05, 0.1) is 6.42 Å². The van der Waals surface area contributed by atoms with Crippen molar-refractivity contribution in [1.29, 1.82) is 0 Å². The molecule has 0 unspecified atom stereocenters. The number of barbiturate groups is 1. The number of benzene rings is 2. The maximum absolute atomic E-state index is 12.5. The smallest absolute Gasteiger partial charge is 0.328 e. The van der Waals surface area contributed by atoms with Crippen LogP contribution in [0.25, 0.3) is 23.0 Å². The van der Waals surface area contributed by atoms with Crippen LogP contribution in [0.5, 0.6) is 17.2 Å². The molecule has 13 heteroatoms. The Hall–Kier alpha value is -5.59. The van der Waals surface area contributed by atoms with Crippen LogP contribution in [-0.2, 0) is 14.4 Å². The minimum Gasteiger partial charge on any atom is -0.481 e. The molecular formula is C26H19N5O8. The van der Waals surface area contributed by atoms with Crippen LogP contribution >= 0.6 is 0 Å². The van der Waals surface area contributed by atoms with E-state index in [0.29, 0.717) is 34.5 Å². The Morgan fingerprint density at radius 1 is 0.897 bits per heavy atom. The van der Waals surface area contributed by atoms with Crippen molar-refractivity contribution in [3.05, 3.63) is 73.3 Å². The molecule has 3 heterocycles. The van der Waals surface area contributed by atoms with Crippen LogP contribution in [-0.4, -0.2) is 49.5 Å². The number of rotatable bonds is 9. The number of carboxylic acid groups (broad SMARTS) is 1. The van der Waals surface area contributed by atoms with Gasteiger partial charge in [0.15, 0.2) is 5.82 Å². The maximum atomic E-state index is 12.5. The van der Waals surface area contributed by atoms with Crippen LogP contribution in [0.2, 0.25) is 0 Å². The highest BCUT2D eigenvalue weighted by molar-refractivity contribution is 6.21. The third-order valence-electron chi connectivity index (χ3n) is 5.63. The van der Waals surface area contributed by atoms with Crippen molar-refractivity contribution in [2.75, 3.05) is 0 Å². The predicted octanol–water partition coefficient (Wildman–Crippen LogP) is 2.94. The van der Waals surface area contributed by atoms with Gasteiger partial charge in [-0.3, -0.25) is 25.0 Å². The fourth-order valence-corrected chi connectivity index (χ4v) is 3.72. The molecule has 0 atom stereocenters. The monoisotopic (exact) mass is 529 g/mol. The van der Waals surface area contributed by atoms with Gasteiger partial charge < -0.3 is 19.0 Å². The van der Waals surface area contributed by atoms with E-state index in [2.05, 4.69) is 15.0 Å². The topological polar surface area (TPSA) is 183 Å². The van der Waals surface area contributed by atoms with Crippen LogP contribution in [0.3, 0.4) is 0 Å².